The summed E-state index contributed by atoms with van der Waals surface area (Å²) >= 11 is 0. The average molecular weight is 213 g/mol. The Bertz CT molecular complexity index is 191. The summed E-state index contributed by atoms with van der Waals surface area (Å²) in [7, 11) is 0. The number of nitrogens with two attached hydrogens (primary N) is 1. The predicted octanol–water partition coefficient (Wildman–Crippen LogP) is 3.57. The van der Waals surface area contributed by atoms with Crippen molar-refractivity contribution in [2.75, 3.05) is 0 Å². The maximum absolute atomic E-state index is 14.5. The zero-order chi connectivity index (χ0) is 10.7. The molecule has 2 aliphatic rings. The van der Waals surface area contributed by atoms with Gasteiger partial charge >= 0.3 is 0 Å². The first kappa shape index (κ1) is 11.4. The molecule has 0 heterocycles. The van der Waals surface area contributed by atoms with Gasteiger partial charge in [-0.25, -0.2) is 4.39 Å². The summed E-state index contributed by atoms with van der Waals surface area (Å²) in [5.74, 6) is 0.665. The van der Waals surface area contributed by atoms with E-state index in [1.807, 2.05) is 0 Å². The van der Waals surface area contributed by atoms with Gasteiger partial charge in [0.15, 0.2) is 0 Å². The van der Waals surface area contributed by atoms with Crippen LogP contribution in [-0.2, 0) is 0 Å². The molecule has 2 N–H and O–H groups in total. The highest BCUT2D eigenvalue weighted by Gasteiger charge is 2.36. The molecule has 0 aromatic rings. The number of halogens is 1. The van der Waals surface area contributed by atoms with Crippen LogP contribution in [0.25, 0.3) is 0 Å². The third kappa shape index (κ3) is 3.17. The zero-order valence-corrected chi connectivity index (χ0v) is 9.68. The Morgan fingerprint density at radius 1 is 1.00 bits per heavy atom. The number of hydrogen-bond donors (Lipinski definition) is 1. The normalized spacial score (nSPS) is 39.2. The minimum atomic E-state index is -0.863. The lowest BCUT2D eigenvalue weighted by Crippen LogP contribution is -2.37. The molecule has 0 bridgehead atoms. The standard InChI is InChI=1S/C13H24FN/c14-13(8-6-12(15)7-9-13)10-11-4-2-1-3-5-11/h11-12H,1-10,15H2. The molecular weight excluding hydrogens is 189 g/mol. The first-order chi connectivity index (χ1) is 7.18. The average Bonchev–Trinajstić information content (AvgIpc) is 2.24. The Balaban J connectivity index is 1.81. The van der Waals surface area contributed by atoms with E-state index in [1.54, 1.807) is 0 Å². The van der Waals surface area contributed by atoms with Crippen molar-refractivity contribution in [2.24, 2.45) is 11.7 Å². The molecule has 0 amide bonds. The maximum Gasteiger partial charge on any atom is 0.111 e. The molecule has 2 saturated carbocycles. The zero-order valence-electron chi connectivity index (χ0n) is 9.68. The van der Waals surface area contributed by atoms with Gasteiger partial charge in [0.1, 0.15) is 5.67 Å². The smallest absolute Gasteiger partial charge is 0.111 e. The third-order valence-corrected chi connectivity index (χ3v) is 4.31. The van der Waals surface area contributed by atoms with Crippen LogP contribution in [-0.4, -0.2) is 11.7 Å². The van der Waals surface area contributed by atoms with Gasteiger partial charge in [-0.05, 0) is 38.0 Å². The molecule has 0 aromatic heterocycles. The molecule has 0 radical (unpaired) electrons. The molecule has 0 aliphatic heterocycles. The lowest BCUT2D eigenvalue weighted by atomic mass is 9.75. The molecule has 0 unspecified atom stereocenters. The Morgan fingerprint density at radius 2 is 1.60 bits per heavy atom. The van der Waals surface area contributed by atoms with Crippen LogP contribution in [0.4, 0.5) is 4.39 Å². The fourth-order valence-corrected chi connectivity index (χ4v) is 3.27. The van der Waals surface area contributed by atoms with Crippen LogP contribution in [0.2, 0.25) is 0 Å². The van der Waals surface area contributed by atoms with Gasteiger partial charge in [-0.1, -0.05) is 32.1 Å². The van der Waals surface area contributed by atoms with Crippen molar-refractivity contribution in [1.82, 2.24) is 0 Å². The van der Waals surface area contributed by atoms with Crippen molar-refractivity contribution in [1.29, 1.82) is 0 Å². The van der Waals surface area contributed by atoms with Crippen molar-refractivity contribution in [3.8, 4) is 0 Å². The topological polar surface area (TPSA) is 26.0 Å². The summed E-state index contributed by atoms with van der Waals surface area (Å²) in [4.78, 5) is 0. The molecular formula is C13H24FN. The quantitative estimate of drug-likeness (QED) is 0.745. The molecule has 0 saturated heterocycles. The summed E-state index contributed by atoms with van der Waals surface area (Å²) < 4.78 is 14.5. The van der Waals surface area contributed by atoms with Crippen molar-refractivity contribution in [3.63, 3.8) is 0 Å². The Kier molecular flexibility index (Phi) is 3.65. The van der Waals surface area contributed by atoms with Crippen LogP contribution in [0.5, 0.6) is 0 Å². The fourth-order valence-electron chi connectivity index (χ4n) is 3.27. The van der Waals surface area contributed by atoms with Gasteiger partial charge in [-0.3, -0.25) is 0 Å². The molecule has 1 nitrogen and oxygen atoms in total. The molecule has 2 fully saturated rings. The Morgan fingerprint density at radius 3 is 2.20 bits per heavy atom. The van der Waals surface area contributed by atoms with E-state index in [-0.39, 0.29) is 6.04 Å². The summed E-state index contributed by atoms with van der Waals surface area (Å²) in [6, 6.07) is 0.264. The van der Waals surface area contributed by atoms with Crippen LogP contribution in [0.15, 0.2) is 0 Å². The highest BCUT2D eigenvalue weighted by atomic mass is 19.1. The summed E-state index contributed by atoms with van der Waals surface area (Å²) in [5.41, 5.74) is 4.96. The van der Waals surface area contributed by atoms with E-state index in [9.17, 15) is 4.39 Å². The number of alkyl halides is 1. The Hall–Kier alpha value is -0.110. The van der Waals surface area contributed by atoms with E-state index in [1.165, 1.54) is 32.1 Å². The number of rotatable bonds is 2. The van der Waals surface area contributed by atoms with Crippen molar-refractivity contribution >= 4 is 0 Å². The van der Waals surface area contributed by atoms with Gasteiger partial charge in [0.05, 0.1) is 0 Å². The van der Waals surface area contributed by atoms with Crippen molar-refractivity contribution < 1.29 is 4.39 Å². The summed E-state index contributed by atoms with van der Waals surface area (Å²) in [6.07, 6.45) is 10.6. The van der Waals surface area contributed by atoms with E-state index in [0.717, 1.165) is 19.3 Å². The molecule has 2 rings (SSSR count). The molecule has 0 spiro atoms. The minimum absolute atomic E-state index is 0.264. The predicted molar refractivity (Wildman–Crippen MR) is 61.5 cm³/mol. The lowest BCUT2D eigenvalue weighted by molar-refractivity contribution is 0.0614. The highest BCUT2D eigenvalue weighted by molar-refractivity contribution is 4.89. The SMILES string of the molecule is NC1CCC(F)(CC2CCCCC2)CC1. The van der Waals surface area contributed by atoms with E-state index < -0.39 is 5.67 Å². The monoisotopic (exact) mass is 213 g/mol. The van der Waals surface area contributed by atoms with E-state index in [4.69, 9.17) is 5.73 Å². The van der Waals surface area contributed by atoms with Gasteiger partial charge in [-0.2, -0.15) is 0 Å². The first-order valence-electron chi connectivity index (χ1n) is 6.62. The molecule has 0 aromatic carbocycles. The second-order valence-electron chi connectivity index (χ2n) is 5.70. The molecule has 2 heteroatoms. The van der Waals surface area contributed by atoms with Crippen LogP contribution < -0.4 is 5.73 Å². The van der Waals surface area contributed by atoms with Crippen molar-refractivity contribution in [2.45, 2.75) is 75.9 Å². The second kappa shape index (κ2) is 4.82. The fraction of sp³-hybridized carbons (Fsp3) is 1.00. The summed E-state index contributed by atoms with van der Waals surface area (Å²) in [5, 5.41) is 0. The van der Waals surface area contributed by atoms with E-state index >= 15 is 0 Å². The van der Waals surface area contributed by atoms with Gasteiger partial charge in [0, 0.05) is 6.04 Å². The van der Waals surface area contributed by atoms with Crippen LogP contribution in [0, 0.1) is 5.92 Å². The van der Waals surface area contributed by atoms with E-state index in [0.29, 0.717) is 18.8 Å². The molecule has 88 valence electrons. The molecule has 15 heavy (non-hydrogen) atoms. The van der Waals surface area contributed by atoms with Crippen molar-refractivity contribution in [3.05, 3.63) is 0 Å². The molecule has 0 atom stereocenters. The first-order valence-corrected chi connectivity index (χ1v) is 6.62. The van der Waals surface area contributed by atoms with Gasteiger partial charge in [0.2, 0.25) is 0 Å². The third-order valence-electron chi connectivity index (χ3n) is 4.31. The molecule has 2 aliphatic carbocycles. The highest BCUT2D eigenvalue weighted by Crippen LogP contribution is 2.40. The van der Waals surface area contributed by atoms with Crippen LogP contribution in [0.3, 0.4) is 0 Å². The van der Waals surface area contributed by atoms with Crippen LogP contribution in [0.1, 0.15) is 64.2 Å². The van der Waals surface area contributed by atoms with E-state index in [2.05, 4.69) is 0 Å². The lowest BCUT2D eigenvalue weighted by Gasteiger charge is -2.36. The second-order valence-corrected chi connectivity index (χ2v) is 5.70. The largest absolute Gasteiger partial charge is 0.328 e. The van der Waals surface area contributed by atoms with Gasteiger partial charge in [-0.15, -0.1) is 0 Å². The van der Waals surface area contributed by atoms with Gasteiger partial charge < -0.3 is 5.73 Å². The Labute approximate surface area is 92.6 Å². The summed E-state index contributed by atoms with van der Waals surface area (Å²) in [6.45, 7) is 0. The van der Waals surface area contributed by atoms with Crippen LogP contribution >= 0.6 is 0 Å². The minimum Gasteiger partial charge on any atom is -0.328 e. The number of hydrogen-bond acceptors (Lipinski definition) is 1. The maximum atomic E-state index is 14.5. The van der Waals surface area contributed by atoms with Gasteiger partial charge in [0.25, 0.3) is 0 Å².